The lowest BCUT2D eigenvalue weighted by molar-refractivity contribution is 0.0650. The molecule has 0 aliphatic carbocycles. The summed E-state index contributed by atoms with van der Waals surface area (Å²) in [5, 5.41) is 3.58. The summed E-state index contributed by atoms with van der Waals surface area (Å²) >= 11 is 0. The van der Waals surface area contributed by atoms with Crippen LogP contribution in [0.15, 0.2) is 24.3 Å². The molecule has 0 saturated heterocycles. The Balaban J connectivity index is 2.91. The van der Waals surface area contributed by atoms with Crippen LogP contribution in [-0.2, 0) is 4.74 Å². The highest BCUT2D eigenvalue weighted by molar-refractivity contribution is 5.31. The van der Waals surface area contributed by atoms with Gasteiger partial charge in [-0.15, -0.1) is 0 Å². The van der Waals surface area contributed by atoms with Crippen LogP contribution < -0.4 is 10.1 Å². The van der Waals surface area contributed by atoms with Crippen molar-refractivity contribution >= 4 is 0 Å². The Bertz CT molecular complexity index is 350. The van der Waals surface area contributed by atoms with Gasteiger partial charge in [0.1, 0.15) is 5.75 Å². The minimum Gasteiger partial charge on any atom is -0.494 e. The molecule has 0 radical (unpaired) electrons. The maximum Gasteiger partial charge on any atom is 0.119 e. The number of hydrogen-bond acceptors (Lipinski definition) is 3. The molecule has 0 bridgehead atoms. The molecule has 0 saturated carbocycles. The maximum absolute atomic E-state index is 5.61. The fourth-order valence-electron chi connectivity index (χ4n) is 2.27. The molecule has 1 N–H and O–H groups in total. The average Bonchev–Trinajstić information content (AvgIpc) is 2.44. The smallest absolute Gasteiger partial charge is 0.119 e. The van der Waals surface area contributed by atoms with Crippen molar-refractivity contribution in [3.63, 3.8) is 0 Å². The third kappa shape index (κ3) is 4.84. The van der Waals surface area contributed by atoms with Crippen molar-refractivity contribution in [3.8, 4) is 5.75 Å². The van der Waals surface area contributed by atoms with E-state index in [1.807, 2.05) is 19.1 Å². The largest absolute Gasteiger partial charge is 0.494 e. The monoisotopic (exact) mass is 265 g/mol. The zero-order valence-corrected chi connectivity index (χ0v) is 12.6. The molecule has 0 spiro atoms. The van der Waals surface area contributed by atoms with Crippen molar-refractivity contribution in [1.29, 1.82) is 0 Å². The summed E-state index contributed by atoms with van der Waals surface area (Å²) in [6.45, 7) is 8.01. The molecule has 0 aliphatic rings. The van der Waals surface area contributed by atoms with Crippen molar-refractivity contribution in [2.45, 2.75) is 45.8 Å². The van der Waals surface area contributed by atoms with Gasteiger partial charge in [0.2, 0.25) is 0 Å². The summed E-state index contributed by atoms with van der Waals surface area (Å²) in [5.74, 6) is 0.925. The van der Waals surface area contributed by atoms with Crippen molar-refractivity contribution in [3.05, 3.63) is 29.8 Å². The summed E-state index contributed by atoms with van der Waals surface area (Å²) in [6, 6.07) is 8.51. The second-order valence-corrected chi connectivity index (χ2v) is 4.62. The molecule has 0 aromatic heterocycles. The van der Waals surface area contributed by atoms with E-state index in [2.05, 4.69) is 31.3 Å². The van der Waals surface area contributed by atoms with E-state index in [0.717, 1.165) is 25.1 Å². The summed E-state index contributed by atoms with van der Waals surface area (Å²) in [6.07, 6.45) is 2.28. The van der Waals surface area contributed by atoms with E-state index in [-0.39, 0.29) is 12.1 Å². The highest BCUT2D eigenvalue weighted by atomic mass is 16.5. The molecule has 0 fully saturated rings. The van der Waals surface area contributed by atoms with Crippen LogP contribution in [0.2, 0.25) is 0 Å². The van der Waals surface area contributed by atoms with Crippen LogP contribution >= 0.6 is 0 Å². The minimum atomic E-state index is 0.184. The third-order valence-electron chi connectivity index (χ3n) is 3.22. The van der Waals surface area contributed by atoms with Gasteiger partial charge in [-0.2, -0.15) is 0 Å². The number of hydrogen-bond donors (Lipinski definition) is 1. The van der Waals surface area contributed by atoms with Gasteiger partial charge in [0, 0.05) is 7.11 Å². The molecule has 1 aromatic carbocycles. The summed E-state index contributed by atoms with van der Waals surface area (Å²) in [4.78, 5) is 0. The number of benzene rings is 1. The van der Waals surface area contributed by atoms with E-state index >= 15 is 0 Å². The predicted octanol–water partition coefficient (Wildman–Crippen LogP) is 3.55. The van der Waals surface area contributed by atoms with Crippen molar-refractivity contribution in [2.24, 2.45) is 0 Å². The topological polar surface area (TPSA) is 30.5 Å². The Morgan fingerprint density at radius 2 is 2.00 bits per heavy atom. The molecule has 3 heteroatoms. The molecule has 2 unspecified atom stereocenters. The first kappa shape index (κ1) is 16.0. The summed E-state index contributed by atoms with van der Waals surface area (Å²) in [5.41, 5.74) is 1.23. The summed E-state index contributed by atoms with van der Waals surface area (Å²) < 4.78 is 11.2. The predicted molar refractivity (Wildman–Crippen MR) is 79.7 cm³/mol. The standard InChI is InChI=1S/C16H27NO2/c1-5-11-17-16(15(6-2)18-4)13-9-8-10-14(12-13)19-7-3/h8-10,12,15-17H,5-7,11H2,1-4H3. The number of methoxy groups -OCH3 is 1. The Hall–Kier alpha value is -1.06. The average molecular weight is 265 g/mol. The number of ether oxygens (including phenoxy) is 2. The molecular formula is C16H27NO2. The molecule has 3 nitrogen and oxygen atoms in total. The van der Waals surface area contributed by atoms with E-state index in [9.17, 15) is 0 Å². The molecule has 2 atom stereocenters. The highest BCUT2D eigenvalue weighted by Crippen LogP contribution is 2.25. The zero-order valence-electron chi connectivity index (χ0n) is 12.6. The molecule has 1 aromatic rings. The van der Waals surface area contributed by atoms with Gasteiger partial charge in [0.05, 0.1) is 18.8 Å². The van der Waals surface area contributed by atoms with E-state index in [0.29, 0.717) is 6.61 Å². The van der Waals surface area contributed by atoms with E-state index in [4.69, 9.17) is 9.47 Å². The number of nitrogens with one attached hydrogen (secondary N) is 1. The van der Waals surface area contributed by atoms with E-state index in [1.54, 1.807) is 7.11 Å². The maximum atomic E-state index is 5.61. The van der Waals surface area contributed by atoms with E-state index < -0.39 is 0 Å². The van der Waals surface area contributed by atoms with Crippen LogP contribution in [0.4, 0.5) is 0 Å². The SMILES string of the molecule is CCCNC(c1cccc(OCC)c1)C(CC)OC. The van der Waals surface area contributed by atoms with Crippen molar-refractivity contribution in [1.82, 2.24) is 5.32 Å². The lowest BCUT2D eigenvalue weighted by atomic mass is 9.99. The van der Waals surface area contributed by atoms with E-state index in [1.165, 1.54) is 5.56 Å². The van der Waals surface area contributed by atoms with Crippen molar-refractivity contribution in [2.75, 3.05) is 20.3 Å². The molecule has 1 rings (SSSR count). The molecule has 0 aliphatic heterocycles. The van der Waals surface area contributed by atoms with Crippen LogP contribution in [0.25, 0.3) is 0 Å². The Labute approximate surface area is 117 Å². The molecular weight excluding hydrogens is 238 g/mol. The van der Waals surface area contributed by atoms with Crippen LogP contribution in [0.5, 0.6) is 5.75 Å². The molecule has 0 amide bonds. The van der Waals surface area contributed by atoms with Gasteiger partial charge in [0.15, 0.2) is 0 Å². The molecule has 0 heterocycles. The fraction of sp³-hybridized carbons (Fsp3) is 0.625. The zero-order chi connectivity index (χ0) is 14.1. The fourth-order valence-corrected chi connectivity index (χ4v) is 2.27. The number of rotatable bonds is 9. The first-order valence-electron chi connectivity index (χ1n) is 7.25. The highest BCUT2D eigenvalue weighted by Gasteiger charge is 2.21. The quantitative estimate of drug-likeness (QED) is 0.740. The van der Waals surface area contributed by atoms with Gasteiger partial charge in [-0.3, -0.25) is 0 Å². The van der Waals surface area contributed by atoms with Crippen LogP contribution in [0, 0.1) is 0 Å². The Morgan fingerprint density at radius 3 is 2.58 bits per heavy atom. The lowest BCUT2D eigenvalue weighted by Crippen LogP contribution is -2.33. The van der Waals surface area contributed by atoms with Crippen LogP contribution in [0.3, 0.4) is 0 Å². The first-order valence-corrected chi connectivity index (χ1v) is 7.25. The van der Waals surface area contributed by atoms with Gasteiger partial charge in [0.25, 0.3) is 0 Å². The Kier molecular flexibility index (Phi) is 7.53. The Morgan fingerprint density at radius 1 is 1.21 bits per heavy atom. The van der Waals surface area contributed by atoms with Crippen molar-refractivity contribution < 1.29 is 9.47 Å². The third-order valence-corrected chi connectivity index (χ3v) is 3.22. The molecule has 19 heavy (non-hydrogen) atoms. The van der Waals surface area contributed by atoms with Gasteiger partial charge in [-0.1, -0.05) is 26.0 Å². The van der Waals surface area contributed by atoms with Crippen LogP contribution in [-0.4, -0.2) is 26.4 Å². The van der Waals surface area contributed by atoms with Gasteiger partial charge in [-0.05, 0) is 44.0 Å². The minimum absolute atomic E-state index is 0.184. The lowest BCUT2D eigenvalue weighted by Gasteiger charge is -2.27. The molecule has 108 valence electrons. The second kappa shape index (κ2) is 8.94. The second-order valence-electron chi connectivity index (χ2n) is 4.62. The first-order chi connectivity index (χ1) is 9.26. The summed E-state index contributed by atoms with van der Waals surface area (Å²) in [7, 11) is 1.78. The van der Waals surface area contributed by atoms with Gasteiger partial charge < -0.3 is 14.8 Å². The normalized spacial score (nSPS) is 14.1. The van der Waals surface area contributed by atoms with Gasteiger partial charge >= 0.3 is 0 Å². The van der Waals surface area contributed by atoms with Crippen LogP contribution in [0.1, 0.15) is 45.2 Å². The van der Waals surface area contributed by atoms with Gasteiger partial charge in [-0.25, -0.2) is 0 Å².